The number of aromatic nitrogens is 2. The third kappa shape index (κ3) is 5.25. The molecular formula is C28H26N6O3S. The van der Waals surface area contributed by atoms with Crippen LogP contribution in [0.15, 0.2) is 91.3 Å². The lowest BCUT2D eigenvalue weighted by Crippen LogP contribution is -2.33. The Hall–Kier alpha value is -4.57. The summed E-state index contributed by atoms with van der Waals surface area (Å²) in [6.07, 6.45) is 3.89. The van der Waals surface area contributed by atoms with Gasteiger partial charge in [-0.3, -0.25) is 19.9 Å². The van der Waals surface area contributed by atoms with E-state index >= 15 is 0 Å². The first-order valence-corrected chi connectivity index (χ1v) is 12.6. The normalized spacial score (nSPS) is 16.8. The second-order valence-corrected chi connectivity index (χ2v) is 9.45. The highest BCUT2D eigenvalue weighted by molar-refractivity contribution is 7.80. The number of amides is 1. The summed E-state index contributed by atoms with van der Waals surface area (Å²) < 4.78 is 1.99. The highest BCUT2D eigenvalue weighted by atomic mass is 32.1. The van der Waals surface area contributed by atoms with Crippen LogP contribution in [-0.4, -0.2) is 36.9 Å². The van der Waals surface area contributed by atoms with Crippen LogP contribution in [0.5, 0.6) is 0 Å². The molecule has 0 bridgehead atoms. The van der Waals surface area contributed by atoms with Gasteiger partial charge in [0, 0.05) is 54.6 Å². The second-order valence-electron chi connectivity index (χ2n) is 9.06. The number of benzene rings is 2. The third-order valence-corrected chi connectivity index (χ3v) is 6.85. The van der Waals surface area contributed by atoms with Gasteiger partial charge in [0.1, 0.15) is 0 Å². The number of hydrogen-bond donors (Lipinski definition) is 2. The zero-order chi connectivity index (χ0) is 26.6. The minimum absolute atomic E-state index is 0.0266. The molecule has 0 aliphatic carbocycles. The Kier molecular flexibility index (Phi) is 7.14. The van der Waals surface area contributed by atoms with Crippen molar-refractivity contribution in [2.24, 2.45) is 0 Å². The number of thiocarbonyl (C=S) groups is 1. The smallest absolute Gasteiger partial charge is 0.269 e. The van der Waals surface area contributed by atoms with E-state index in [1.54, 1.807) is 18.3 Å². The van der Waals surface area contributed by atoms with E-state index in [2.05, 4.69) is 15.6 Å². The van der Waals surface area contributed by atoms with E-state index in [0.717, 1.165) is 28.3 Å². The van der Waals surface area contributed by atoms with Crippen LogP contribution in [0, 0.1) is 17.0 Å². The molecule has 4 aromatic rings. The standard InChI is InChI=1S/C28H26N6O3S/c1-19-6-4-7-20(18-19)30-25(35)14-17-33-27(26(31-28(33)38)23-8-2-3-15-29-23)24-9-5-16-32(24)21-10-12-22(13-11-21)34(36)37/h2-13,15-16,18,26-27H,14,17H2,1H3,(H,30,35)(H,31,38)/t26-,27+/m1/s1. The van der Waals surface area contributed by atoms with Crippen molar-refractivity contribution in [3.05, 3.63) is 118 Å². The largest absolute Gasteiger partial charge is 0.352 e. The topological polar surface area (TPSA) is 105 Å². The number of carbonyl (C=O) groups excluding carboxylic acids is 1. The number of nitro benzene ring substituents is 1. The Morgan fingerprint density at radius 1 is 1.11 bits per heavy atom. The van der Waals surface area contributed by atoms with E-state index < -0.39 is 4.92 Å². The molecule has 0 radical (unpaired) electrons. The number of hydrogen-bond acceptors (Lipinski definition) is 5. The van der Waals surface area contributed by atoms with Gasteiger partial charge in [0.05, 0.1) is 22.7 Å². The number of anilines is 1. The summed E-state index contributed by atoms with van der Waals surface area (Å²) in [7, 11) is 0. The zero-order valence-electron chi connectivity index (χ0n) is 20.7. The van der Waals surface area contributed by atoms with E-state index in [4.69, 9.17) is 12.2 Å². The second kappa shape index (κ2) is 10.8. The van der Waals surface area contributed by atoms with Gasteiger partial charge in [0.2, 0.25) is 5.91 Å². The lowest BCUT2D eigenvalue weighted by Gasteiger charge is -2.28. The fraction of sp³-hybridized carbons (Fsp3) is 0.179. The molecule has 192 valence electrons. The number of nitrogens with one attached hydrogen (secondary N) is 2. The highest BCUT2D eigenvalue weighted by Crippen LogP contribution is 2.39. The molecule has 2 aromatic heterocycles. The molecule has 3 heterocycles. The summed E-state index contributed by atoms with van der Waals surface area (Å²) in [4.78, 5) is 30.1. The SMILES string of the molecule is Cc1cccc(NC(=O)CCN2C(=S)N[C@H](c3ccccn3)[C@@H]2c2cccn2-c2ccc([N+](=O)[O-])cc2)c1. The molecule has 2 N–H and O–H groups in total. The molecule has 1 amide bonds. The van der Waals surface area contributed by atoms with Gasteiger partial charge in [0.25, 0.3) is 5.69 Å². The van der Waals surface area contributed by atoms with Crippen molar-refractivity contribution in [3.8, 4) is 5.69 Å². The molecule has 0 saturated carbocycles. The van der Waals surface area contributed by atoms with E-state index in [-0.39, 0.29) is 30.1 Å². The fourth-order valence-corrected chi connectivity index (χ4v) is 5.07. The minimum atomic E-state index is -0.416. The summed E-state index contributed by atoms with van der Waals surface area (Å²) >= 11 is 5.74. The molecule has 38 heavy (non-hydrogen) atoms. The van der Waals surface area contributed by atoms with E-state index in [9.17, 15) is 14.9 Å². The Morgan fingerprint density at radius 2 is 1.92 bits per heavy atom. The number of carbonyl (C=O) groups is 1. The average Bonchev–Trinajstić information content (AvgIpc) is 3.52. The molecule has 1 fully saturated rings. The molecule has 5 rings (SSSR count). The van der Waals surface area contributed by atoms with Gasteiger partial charge >= 0.3 is 0 Å². The number of nitro groups is 1. The summed E-state index contributed by atoms with van der Waals surface area (Å²) in [5, 5.41) is 18.0. The number of nitrogens with zero attached hydrogens (tertiary/aromatic N) is 4. The van der Waals surface area contributed by atoms with Crippen LogP contribution in [0.2, 0.25) is 0 Å². The van der Waals surface area contributed by atoms with Gasteiger partial charge in [-0.1, -0.05) is 18.2 Å². The van der Waals surface area contributed by atoms with Gasteiger partial charge < -0.3 is 20.1 Å². The fourth-order valence-electron chi connectivity index (χ4n) is 4.74. The van der Waals surface area contributed by atoms with Crippen molar-refractivity contribution >= 4 is 34.6 Å². The number of aryl methyl sites for hydroxylation is 1. The first kappa shape index (κ1) is 25.1. The van der Waals surface area contributed by atoms with Gasteiger partial charge in [-0.15, -0.1) is 0 Å². The Balaban J connectivity index is 1.44. The van der Waals surface area contributed by atoms with Crippen molar-refractivity contribution in [2.75, 3.05) is 11.9 Å². The van der Waals surface area contributed by atoms with Gasteiger partial charge in [-0.05, 0) is 73.2 Å². The summed E-state index contributed by atoms with van der Waals surface area (Å²) in [5.74, 6) is -0.107. The maximum absolute atomic E-state index is 12.8. The van der Waals surface area contributed by atoms with E-state index in [1.165, 1.54) is 12.1 Å². The van der Waals surface area contributed by atoms with Gasteiger partial charge in [-0.25, -0.2) is 0 Å². The molecule has 2 aromatic carbocycles. The summed E-state index contributed by atoms with van der Waals surface area (Å²) in [6.45, 7) is 2.37. The lowest BCUT2D eigenvalue weighted by atomic mass is 10.0. The van der Waals surface area contributed by atoms with Crippen LogP contribution >= 0.6 is 12.2 Å². The Labute approximate surface area is 225 Å². The third-order valence-electron chi connectivity index (χ3n) is 6.50. The molecule has 1 aliphatic heterocycles. The van der Waals surface area contributed by atoms with E-state index in [1.807, 2.05) is 77.2 Å². The quantitative estimate of drug-likeness (QED) is 0.187. The number of pyridine rings is 1. The molecule has 10 heteroatoms. The first-order chi connectivity index (χ1) is 18.4. The minimum Gasteiger partial charge on any atom is -0.352 e. The Morgan fingerprint density at radius 3 is 2.63 bits per heavy atom. The van der Waals surface area contributed by atoms with Crippen molar-refractivity contribution in [3.63, 3.8) is 0 Å². The lowest BCUT2D eigenvalue weighted by molar-refractivity contribution is -0.384. The van der Waals surface area contributed by atoms with Crippen LogP contribution < -0.4 is 10.6 Å². The summed E-state index contributed by atoms with van der Waals surface area (Å²) in [5.41, 5.74) is 4.37. The number of non-ortho nitro benzene ring substituents is 1. The van der Waals surface area contributed by atoms with Crippen LogP contribution in [-0.2, 0) is 4.79 Å². The molecule has 1 saturated heterocycles. The summed E-state index contributed by atoms with van der Waals surface area (Å²) in [6, 6.07) is 23.2. The predicted molar refractivity (Wildman–Crippen MR) is 149 cm³/mol. The van der Waals surface area contributed by atoms with Crippen molar-refractivity contribution in [2.45, 2.75) is 25.4 Å². The maximum Gasteiger partial charge on any atom is 0.269 e. The van der Waals surface area contributed by atoms with E-state index in [0.29, 0.717) is 11.7 Å². The molecular weight excluding hydrogens is 500 g/mol. The van der Waals surface area contributed by atoms with Crippen LogP contribution in [0.4, 0.5) is 11.4 Å². The predicted octanol–water partition coefficient (Wildman–Crippen LogP) is 5.09. The molecule has 0 spiro atoms. The average molecular weight is 527 g/mol. The highest BCUT2D eigenvalue weighted by Gasteiger charge is 2.41. The molecule has 9 nitrogen and oxygen atoms in total. The number of rotatable bonds is 8. The van der Waals surface area contributed by atoms with Gasteiger partial charge in [0.15, 0.2) is 5.11 Å². The van der Waals surface area contributed by atoms with Gasteiger partial charge in [-0.2, -0.15) is 0 Å². The molecule has 2 atom stereocenters. The van der Waals surface area contributed by atoms with Crippen molar-refractivity contribution in [1.82, 2.24) is 19.8 Å². The molecule has 0 unspecified atom stereocenters. The maximum atomic E-state index is 12.8. The van der Waals surface area contributed by atoms with Crippen molar-refractivity contribution < 1.29 is 9.72 Å². The van der Waals surface area contributed by atoms with Crippen LogP contribution in [0.25, 0.3) is 5.69 Å². The zero-order valence-corrected chi connectivity index (χ0v) is 21.5. The van der Waals surface area contributed by atoms with Crippen LogP contribution in [0.3, 0.4) is 0 Å². The molecule has 1 aliphatic rings. The van der Waals surface area contributed by atoms with Crippen LogP contribution in [0.1, 0.15) is 35.5 Å². The van der Waals surface area contributed by atoms with Crippen molar-refractivity contribution in [1.29, 1.82) is 0 Å². The Bertz CT molecular complexity index is 1470. The monoisotopic (exact) mass is 526 g/mol. The first-order valence-electron chi connectivity index (χ1n) is 12.2.